The zero-order valence-electron chi connectivity index (χ0n) is 9.49. The van der Waals surface area contributed by atoms with Crippen LogP contribution in [0.3, 0.4) is 0 Å². The van der Waals surface area contributed by atoms with Crippen molar-refractivity contribution in [3.63, 3.8) is 0 Å². The number of rotatable bonds is 2. The SMILES string of the molecule is COc1c(N2CCN[C@H](C)C2)nc[nH]c1=O. The summed E-state index contributed by atoms with van der Waals surface area (Å²) in [7, 11) is 1.49. The van der Waals surface area contributed by atoms with Crippen LogP contribution in [-0.2, 0) is 0 Å². The van der Waals surface area contributed by atoms with E-state index in [1.165, 1.54) is 13.4 Å². The number of hydrogen-bond acceptors (Lipinski definition) is 5. The van der Waals surface area contributed by atoms with Gasteiger partial charge in [0.05, 0.1) is 13.4 Å². The zero-order valence-corrected chi connectivity index (χ0v) is 9.49. The molecule has 0 saturated carbocycles. The van der Waals surface area contributed by atoms with Gasteiger partial charge in [-0.05, 0) is 6.92 Å². The monoisotopic (exact) mass is 224 g/mol. The minimum Gasteiger partial charge on any atom is -0.489 e. The summed E-state index contributed by atoms with van der Waals surface area (Å²) in [5.41, 5.74) is -0.237. The van der Waals surface area contributed by atoms with Crippen LogP contribution in [0, 0.1) is 0 Å². The third-order valence-corrected chi connectivity index (χ3v) is 2.66. The summed E-state index contributed by atoms with van der Waals surface area (Å²) in [6, 6.07) is 0.388. The standard InChI is InChI=1S/C10H16N4O2/c1-7-5-14(4-3-11-7)9-8(16-2)10(15)13-6-12-9/h6-7,11H,3-5H2,1-2H3,(H,12,13,15)/t7-/m1/s1. The van der Waals surface area contributed by atoms with Gasteiger partial charge in [-0.15, -0.1) is 0 Å². The maximum Gasteiger partial charge on any atom is 0.295 e. The van der Waals surface area contributed by atoms with Crippen LogP contribution in [0.15, 0.2) is 11.1 Å². The van der Waals surface area contributed by atoms with Crippen LogP contribution >= 0.6 is 0 Å². The lowest BCUT2D eigenvalue weighted by atomic mass is 10.2. The number of methoxy groups -OCH3 is 1. The molecule has 1 aliphatic heterocycles. The molecule has 88 valence electrons. The molecular weight excluding hydrogens is 208 g/mol. The Labute approximate surface area is 93.6 Å². The van der Waals surface area contributed by atoms with Crippen molar-refractivity contribution in [2.75, 3.05) is 31.6 Å². The number of hydrogen-bond donors (Lipinski definition) is 2. The Bertz CT molecular complexity index is 418. The molecule has 1 aromatic rings. The number of piperazine rings is 1. The van der Waals surface area contributed by atoms with Crippen molar-refractivity contribution in [1.82, 2.24) is 15.3 Å². The molecule has 0 aromatic carbocycles. The van der Waals surface area contributed by atoms with Gasteiger partial charge in [-0.3, -0.25) is 4.79 Å². The van der Waals surface area contributed by atoms with Crippen LogP contribution in [0.25, 0.3) is 0 Å². The first-order valence-corrected chi connectivity index (χ1v) is 5.32. The Kier molecular flexibility index (Phi) is 3.09. The highest BCUT2D eigenvalue weighted by molar-refractivity contribution is 5.51. The average Bonchev–Trinajstić information content (AvgIpc) is 2.28. The molecule has 16 heavy (non-hydrogen) atoms. The Hall–Kier alpha value is -1.56. The van der Waals surface area contributed by atoms with Gasteiger partial charge in [-0.25, -0.2) is 4.98 Å². The van der Waals surface area contributed by atoms with E-state index in [2.05, 4.69) is 27.1 Å². The fourth-order valence-electron chi connectivity index (χ4n) is 1.91. The number of ether oxygens (including phenoxy) is 1. The summed E-state index contributed by atoms with van der Waals surface area (Å²) in [4.78, 5) is 20.3. The third-order valence-electron chi connectivity index (χ3n) is 2.66. The number of anilines is 1. The fraction of sp³-hybridized carbons (Fsp3) is 0.600. The Morgan fingerprint density at radius 1 is 1.62 bits per heavy atom. The quantitative estimate of drug-likeness (QED) is 0.714. The summed E-state index contributed by atoms with van der Waals surface area (Å²) in [5.74, 6) is 0.913. The second-order valence-corrected chi connectivity index (χ2v) is 3.89. The van der Waals surface area contributed by atoms with Gasteiger partial charge in [0, 0.05) is 25.7 Å². The van der Waals surface area contributed by atoms with Gasteiger partial charge in [0.1, 0.15) is 0 Å². The van der Waals surface area contributed by atoms with Crippen molar-refractivity contribution in [3.8, 4) is 5.75 Å². The first-order valence-electron chi connectivity index (χ1n) is 5.32. The maximum absolute atomic E-state index is 11.5. The van der Waals surface area contributed by atoms with Gasteiger partial charge in [0.15, 0.2) is 5.82 Å². The van der Waals surface area contributed by atoms with E-state index in [9.17, 15) is 4.79 Å². The van der Waals surface area contributed by atoms with E-state index < -0.39 is 0 Å². The molecule has 6 heteroatoms. The molecule has 6 nitrogen and oxygen atoms in total. The van der Waals surface area contributed by atoms with Gasteiger partial charge < -0.3 is 19.9 Å². The van der Waals surface area contributed by atoms with Gasteiger partial charge in [0.25, 0.3) is 5.56 Å². The molecule has 1 aromatic heterocycles. The van der Waals surface area contributed by atoms with E-state index in [0.717, 1.165) is 19.6 Å². The lowest BCUT2D eigenvalue weighted by Gasteiger charge is -2.33. The maximum atomic E-state index is 11.5. The highest BCUT2D eigenvalue weighted by Gasteiger charge is 2.21. The molecule has 0 spiro atoms. The van der Waals surface area contributed by atoms with E-state index in [0.29, 0.717) is 11.9 Å². The van der Waals surface area contributed by atoms with E-state index in [-0.39, 0.29) is 11.3 Å². The van der Waals surface area contributed by atoms with Crippen LogP contribution in [-0.4, -0.2) is 42.8 Å². The lowest BCUT2D eigenvalue weighted by molar-refractivity contribution is 0.400. The van der Waals surface area contributed by atoms with Crippen LogP contribution in [0.5, 0.6) is 5.75 Å². The van der Waals surface area contributed by atoms with Crippen molar-refractivity contribution in [1.29, 1.82) is 0 Å². The van der Waals surface area contributed by atoms with Crippen molar-refractivity contribution in [2.24, 2.45) is 0 Å². The number of aromatic nitrogens is 2. The van der Waals surface area contributed by atoms with Crippen molar-refractivity contribution in [3.05, 3.63) is 16.7 Å². The van der Waals surface area contributed by atoms with Crippen molar-refractivity contribution < 1.29 is 4.74 Å². The second-order valence-electron chi connectivity index (χ2n) is 3.89. The van der Waals surface area contributed by atoms with Gasteiger partial charge in [0.2, 0.25) is 5.75 Å². The van der Waals surface area contributed by atoms with E-state index >= 15 is 0 Å². The first kappa shape index (κ1) is 10.9. The van der Waals surface area contributed by atoms with Crippen molar-refractivity contribution >= 4 is 5.82 Å². The summed E-state index contributed by atoms with van der Waals surface area (Å²) in [5, 5.41) is 3.34. The Morgan fingerprint density at radius 2 is 2.44 bits per heavy atom. The molecule has 2 rings (SSSR count). The number of nitrogens with one attached hydrogen (secondary N) is 2. The molecule has 2 N–H and O–H groups in total. The Balaban J connectivity index is 2.32. The van der Waals surface area contributed by atoms with E-state index in [1.807, 2.05) is 0 Å². The van der Waals surface area contributed by atoms with Crippen LogP contribution < -0.4 is 20.5 Å². The molecule has 0 amide bonds. The molecule has 0 aliphatic carbocycles. The number of aromatic amines is 1. The largest absolute Gasteiger partial charge is 0.489 e. The van der Waals surface area contributed by atoms with E-state index in [4.69, 9.17) is 4.74 Å². The van der Waals surface area contributed by atoms with Gasteiger partial charge in [-0.1, -0.05) is 0 Å². The predicted octanol–water partition coefficient (Wildman–Crippen LogP) is -0.423. The number of H-pyrrole nitrogens is 1. The highest BCUT2D eigenvalue weighted by atomic mass is 16.5. The summed E-state index contributed by atoms with van der Waals surface area (Å²) < 4.78 is 5.10. The molecule has 1 fully saturated rings. The van der Waals surface area contributed by atoms with Crippen LogP contribution in [0.4, 0.5) is 5.82 Å². The normalized spacial score (nSPS) is 20.9. The molecule has 1 saturated heterocycles. The molecule has 0 radical (unpaired) electrons. The third kappa shape index (κ3) is 2.01. The van der Waals surface area contributed by atoms with E-state index in [1.54, 1.807) is 0 Å². The first-order chi connectivity index (χ1) is 7.72. The average molecular weight is 224 g/mol. The minimum absolute atomic E-state index is 0.237. The minimum atomic E-state index is -0.237. The molecule has 2 heterocycles. The summed E-state index contributed by atoms with van der Waals surface area (Å²) >= 11 is 0. The molecule has 1 atom stereocenters. The molecule has 1 aliphatic rings. The predicted molar refractivity (Wildman–Crippen MR) is 61.1 cm³/mol. The van der Waals surface area contributed by atoms with Crippen LogP contribution in [0.1, 0.15) is 6.92 Å². The number of nitrogens with zero attached hydrogens (tertiary/aromatic N) is 2. The second kappa shape index (κ2) is 4.52. The smallest absolute Gasteiger partial charge is 0.295 e. The van der Waals surface area contributed by atoms with Crippen LogP contribution in [0.2, 0.25) is 0 Å². The topological polar surface area (TPSA) is 70.2 Å². The highest BCUT2D eigenvalue weighted by Crippen LogP contribution is 2.21. The Morgan fingerprint density at radius 3 is 3.12 bits per heavy atom. The fourth-order valence-corrected chi connectivity index (χ4v) is 1.91. The zero-order chi connectivity index (χ0) is 11.5. The molecule has 0 unspecified atom stereocenters. The molecule has 0 bridgehead atoms. The summed E-state index contributed by atoms with van der Waals surface area (Å²) in [6.45, 7) is 4.65. The van der Waals surface area contributed by atoms with Gasteiger partial charge in [-0.2, -0.15) is 0 Å². The summed E-state index contributed by atoms with van der Waals surface area (Å²) in [6.07, 6.45) is 1.41. The van der Waals surface area contributed by atoms with Crippen molar-refractivity contribution in [2.45, 2.75) is 13.0 Å². The lowest BCUT2D eigenvalue weighted by Crippen LogP contribution is -2.49. The van der Waals surface area contributed by atoms with Gasteiger partial charge >= 0.3 is 0 Å². The molecular formula is C10H16N4O2.